The normalized spacial score (nSPS) is 39.2. The number of carbonyl (C=O) groups excluding carboxylic acids is 1. The zero-order valence-corrected chi connectivity index (χ0v) is 10.1. The summed E-state index contributed by atoms with van der Waals surface area (Å²) in [7, 11) is 0. The molecule has 1 amide bonds. The van der Waals surface area contributed by atoms with Crippen LogP contribution in [0, 0.1) is 0 Å². The van der Waals surface area contributed by atoms with E-state index < -0.39 is 24.4 Å². The standard InChI is InChI=1S/C12H21NO4/c1-7-9(14)10(15)11(17-7)12(16)13-8-5-3-2-4-6-8/h7-11,14-15H,2-6H2,1H3,(H,13,16)/t7-,9?,10+,11-/m0/s1. The molecule has 17 heavy (non-hydrogen) atoms. The summed E-state index contributed by atoms with van der Waals surface area (Å²) in [4.78, 5) is 11.9. The fourth-order valence-corrected chi connectivity index (χ4v) is 2.60. The van der Waals surface area contributed by atoms with Crippen LogP contribution in [0.1, 0.15) is 39.0 Å². The van der Waals surface area contributed by atoms with Gasteiger partial charge in [0.1, 0.15) is 12.2 Å². The van der Waals surface area contributed by atoms with Gasteiger partial charge in [0.2, 0.25) is 0 Å². The van der Waals surface area contributed by atoms with E-state index >= 15 is 0 Å². The number of rotatable bonds is 2. The largest absolute Gasteiger partial charge is 0.388 e. The molecule has 4 atom stereocenters. The van der Waals surface area contributed by atoms with E-state index in [1.807, 2.05) is 0 Å². The highest BCUT2D eigenvalue weighted by molar-refractivity contribution is 5.82. The molecule has 2 fully saturated rings. The van der Waals surface area contributed by atoms with Crippen molar-refractivity contribution in [1.82, 2.24) is 5.32 Å². The van der Waals surface area contributed by atoms with Gasteiger partial charge in [0, 0.05) is 6.04 Å². The van der Waals surface area contributed by atoms with Crippen LogP contribution in [-0.2, 0) is 9.53 Å². The summed E-state index contributed by atoms with van der Waals surface area (Å²) in [5.74, 6) is -0.298. The van der Waals surface area contributed by atoms with Crippen molar-refractivity contribution in [3.05, 3.63) is 0 Å². The maximum absolute atomic E-state index is 11.9. The third kappa shape index (κ3) is 2.78. The second-order valence-corrected chi connectivity index (χ2v) is 5.09. The molecule has 98 valence electrons. The van der Waals surface area contributed by atoms with E-state index in [9.17, 15) is 15.0 Å². The molecule has 2 rings (SSSR count). The van der Waals surface area contributed by atoms with Crippen LogP contribution in [0.2, 0.25) is 0 Å². The first-order chi connectivity index (χ1) is 8.09. The lowest BCUT2D eigenvalue weighted by Gasteiger charge is -2.24. The summed E-state index contributed by atoms with van der Waals surface area (Å²) in [5, 5.41) is 22.1. The Morgan fingerprint density at radius 3 is 2.35 bits per heavy atom. The minimum Gasteiger partial charge on any atom is -0.388 e. The van der Waals surface area contributed by atoms with E-state index in [0.29, 0.717) is 0 Å². The molecule has 0 aromatic heterocycles. The van der Waals surface area contributed by atoms with Crippen LogP contribution in [0.15, 0.2) is 0 Å². The fraction of sp³-hybridized carbons (Fsp3) is 0.917. The first kappa shape index (κ1) is 12.8. The molecule has 5 nitrogen and oxygen atoms in total. The molecule has 2 aliphatic rings. The number of carbonyl (C=O) groups is 1. The molecule has 0 aromatic carbocycles. The van der Waals surface area contributed by atoms with E-state index in [-0.39, 0.29) is 11.9 Å². The Hall–Kier alpha value is -0.650. The van der Waals surface area contributed by atoms with E-state index in [0.717, 1.165) is 25.7 Å². The van der Waals surface area contributed by atoms with Gasteiger partial charge >= 0.3 is 0 Å². The Bertz CT molecular complexity index is 278. The average Bonchev–Trinajstić information content (AvgIpc) is 2.58. The second-order valence-electron chi connectivity index (χ2n) is 5.09. The molecule has 1 unspecified atom stereocenters. The number of nitrogens with one attached hydrogen (secondary N) is 1. The van der Waals surface area contributed by atoms with Crippen LogP contribution >= 0.6 is 0 Å². The number of amides is 1. The van der Waals surface area contributed by atoms with E-state index in [2.05, 4.69) is 5.32 Å². The third-order valence-corrected chi connectivity index (χ3v) is 3.71. The molecule has 1 saturated heterocycles. The smallest absolute Gasteiger partial charge is 0.252 e. The van der Waals surface area contributed by atoms with E-state index in [1.54, 1.807) is 6.92 Å². The molecule has 0 spiro atoms. The number of aliphatic hydroxyl groups is 2. The number of ether oxygens (including phenoxy) is 1. The molecular weight excluding hydrogens is 222 g/mol. The summed E-state index contributed by atoms with van der Waals surface area (Å²) in [6, 6.07) is 0.195. The highest BCUT2D eigenvalue weighted by Gasteiger charge is 2.44. The Morgan fingerprint density at radius 2 is 1.82 bits per heavy atom. The van der Waals surface area contributed by atoms with Crippen LogP contribution in [0.25, 0.3) is 0 Å². The summed E-state index contributed by atoms with van der Waals surface area (Å²) in [6.45, 7) is 1.65. The SMILES string of the molecule is C[C@@H]1O[C@H](C(=O)NC2CCCCC2)[C@H](O)C1O. The lowest BCUT2D eigenvalue weighted by Crippen LogP contribution is -2.47. The Morgan fingerprint density at radius 1 is 1.18 bits per heavy atom. The molecular formula is C12H21NO4. The summed E-state index contributed by atoms with van der Waals surface area (Å²) in [5.41, 5.74) is 0. The van der Waals surface area contributed by atoms with Crippen molar-refractivity contribution in [2.45, 2.75) is 69.5 Å². The maximum Gasteiger partial charge on any atom is 0.252 e. The third-order valence-electron chi connectivity index (χ3n) is 3.71. The number of hydrogen-bond acceptors (Lipinski definition) is 4. The van der Waals surface area contributed by atoms with E-state index in [4.69, 9.17) is 4.74 Å². The number of hydrogen-bond donors (Lipinski definition) is 3. The van der Waals surface area contributed by atoms with Gasteiger partial charge in [0.25, 0.3) is 5.91 Å². The van der Waals surface area contributed by atoms with Gasteiger partial charge in [-0.25, -0.2) is 0 Å². The molecule has 0 aromatic rings. The van der Waals surface area contributed by atoms with Crippen LogP contribution in [0.4, 0.5) is 0 Å². The Labute approximate surface area is 101 Å². The monoisotopic (exact) mass is 243 g/mol. The molecule has 3 N–H and O–H groups in total. The van der Waals surface area contributed by atoms with Gasteiger partial charge in [-0.3, -0.25) is 4.79 Å². The van der Waals surface area contributed by atoms with Crippen molar-refractivity contribution in [1.29, 1.82) is 0 Å². The van der Waals surface area contributed by atoms with Crippen LogP contribution in [0.3, 0.4) is 0 Å². The highest BCUT2D eigenvalue weighted by atomic mass is 16.5. The van der Waals surface area contributed by atoms with Crippen molar-refractivity contribution in [2.24, 2.45) is 0 Å². The van der Waals surface area contributed by atoms with Gasteiger partial charge in [-0.05, 0) is 19.8 Å². The van der Waals surface area contributed by atoms with Gasteiger partial charge in [-0.15, -0.1) is 0 Å². The minimum atomic E-state index is -1.12. The van der Waals surface area contributed by atoms with Gasteiger partial charge in [0.15, 0.2) is 6.10 Å². The topological polar surface area (TPSA) is 78.8 Å². The average molecular weight is 243 g/mol. The predicted octanol–water partition coefficient (Wildman–Crippen LogP) is -0.0556. The predicted molar refractivity (Wildman–Crippen MR) is 61.4 cm³/mol. The molecule has 0 radical (unpaired) electrons. The highest BCUT2D eigenvalue weighted by Crippen LogP contribution is 2.22. The van der Waals surface area contributed by atoms with Gasteiger partial charge in [0.05, 0.1) is 6.10 Å². The summed E-state index contributed by atoms with van der Waals surface area (Å²) < 4.78 is 5.28. The van der Waals surface area contributed by atoms with Gasteiger partial charge in [-0.2, -0.15) is 0 Å². The minimum absolute atomic E-state index is 0.195. The van der Waals surface area contributed by atoms with Crippen molar-refractivity contribution in [2.75, 3.05) is 0 Å². The van der Waals surface area contributed by atoms with E-state index in [1.165, 1.54) is 6.42 Å². The van der Waals surface area contributed by atoms with Crippen molar-refractivity contribution >= 4 is 5.91 Å². The second kappa shape index (κ2) is 5.33. The zero-order valence-electron chi connectivity index (χ0n) is 10.1. The molecule has 1 aliphatic heterocycles. The molecule has 1 aliphatic carbocycles. The van der Waals surface area contributed by atoms with Crippen molar-refractivity contribution in [3.63, 3.8) is 0 Å². The van der Waals surface area contributed by atoms with Crippen LogP contribution in [0.5, 0.6) is 0 Å². The molecule has 5 heteroatoms. The maximum atomic E-state index is 11.9. The quantitative estimate of drug-likeness (QED) is 0.635. The zero-order chi connectivity index (χ0) is 12.4. The van der Waals surface area contributed by atoms with Crippen molar-refractivity contribution < 1.29 is 19.7 Å². The summed E-state index contributed by atoms with van der Waals surface area (Å²) >= 11 is 0. The summed E-state index contributed by atoms with van der Waals surface area (Å²) in [6.07, 6.45) is 1.97. The van der Waals surface area contributed by atoms with Gasteiger partial charge in [-0.1, -0.05) is 19.3 Å². The lowest BCUT2D eigenvalue weighted by molar-refractivity contribution is -0.136. The fourth-order valence-electron chi connectivity index (χ4n) is 2.60. The number of aliphatic hydroxyl groups excluding tert-OH is 2. The first-order valence-corrected chi connectivity index (χ1v) is 6.41. The molecule has 0 bridgehead atoms. The lowest BCUT2D eigenvalue weighted by atomic mass is 9.95. The Kier molecular flexibility index (Phi) is 4.01. The molecule has 1 heterocycles. The molecule has 1 saturated carbocycles. The van der Waals surface area contributed by atoms with Crippen LogP contribution < -0.4 is 5.32 Å². The first-order valence-electron chi connectivity index (χ1n) is 6.41. The van der Waals surface area contributed by atoms with Crippen LogP contribution in [-0.4, -0.2) is 46.6 Å². The Balaban J connectivity index is 1.87. The van der Waals surface area contributed by atoms with Gasteiger partial charge < -0.3 is 20.3 Å². The van der Waals surface area contributed by atoms with Crippen molar-refractivity contribution in [3.8, 4) is 0 Å².